The first-order valence-corrected chi connectivity index (χ1v) is 9.82. The fraction of sp³-hybridized carbons (Fsp3) is 0.0952. The first-order chi connectivity index (χ1) is 14.6. The van der Waals surface area contributed by atoms with Crippen molar-refractivity contribution in [3.05, 3.63) is 70.5 Å². The Labute approximate surface area is 182 Å². The Morgan fingerprint density at radius 3 is 2.60 bits per heavy atom. The highest BCUT2D eigenvalue weighted by molar-refractivity contribution is 6.36. The van der Waals surface area contributed by atoms with Gasteiger partial charge in [0, 0.05) is 36.1 Å². The summed E-state index contributed by atoms with van der Waals surface area (Å²) in [6.07, 6.45) is 3.21. The molecule has 7 nitrogen and oxygen atoms in total. The van der Waals surface area contributed by atoms with E-state index in [4.69, 9.17) is 28.5 Å². The molecule has 148 valence electrons. The van der Waals surface area contributed by atoms with Crippen LogP contribution in [0.15, 0.2) is 54.9 Å². The van der Waals surface area contributed by atoms with Crippen LogP contribution in [-0.4, -0.2) is 33.0 Å². The standard InChI is InChI=1S/C21H15Cl2N7/c22-14-4-5-15(17(23)10-14)21-29-19-16(2-1-7-26-19)20(30-21)27-9-8-25-18-6-3-13(11-24)12-28-18/h1-7,10,12H,8-9H2,(H,25,28)(H,26,27,29,30). The molecule has 2 N–H and O–H groups in total. The number of benzene rings is 1. The van der Waals surface area contributed by atoms with E-state index in [-0.39, 0.29) is 0 Å². The SMILES string of the molecule is N#Cc1ccc(NCCNc2nc(-c3ccc(Cl)cc3Cl)nc3ncccc23)nc1. The molecular weight excluding hydrogens is 421 g/mol. The second kappa shape index (κ2) is 8.91. The Bertz CT molecular complexity index is 1240. The van der Waals surface area contributed by atoms with E-state index in [2.05, 4.69) is 30.6 Å². The minimum atomic E-state index is 0.465. The molecule has 0 saturated heterocycles. The maximum Gasteiger partial charge on any atom is 0.165 e. The van der Waals surface area contributed by atoms with Crippen molar-refractivity contribution >= 4 is 45.9 Å². The minimum absolute atomic E-state index is 0.465. The maximum absolute atomic E-state index is 8.84. The fourth-order valence-corrected chi connectivity index (χ4v) is 3.32. The van der Waals surface area contributed by atoms with Gasteiger partial charge in [-0.3, -0.25) is 0 Å². The Morgan fingerprint density at radius 1 is 0.967 bits per heavy atom. The Hall–Kier alpha value is -3.47. The Kier molecular flexibility index (Phi) is 5.89. The van der Waals surface area contributed by atoms with Gasteiger partial charge in [0.2, 0.25) is 0 Å². The molecule has 30 heavy (non-hydrogen) atoms. The molecule has 3 aromatic heterocycles. The van der Waals surface area contributed by atoms with Gasteiger partial charge in [0.1, 0.15) is 17.7 Å². The number of anilines is 2. The predicted molar refractivity (Wildman–Crippen MR) is 119 cm³/mol. The summed E-state index contributed by atoms with van der Waals surface area (Å²) < 4.78 is 0. The monoisotopic (exact) mass is 435 g/mol. The fourth-order valence-electron chi connectivity index (χ4n) is 2.82. The third-order valence-corrected chi connectivity index (χ3v) is 4.81. The third kappa shape index (κ3) is 4.40. The van der Waals surface area contributed by atoms with E-state index in [0.29, 0.717) is 57.4 Å². The molecule has 4 rings (SSSR count). The maximum atomic E-state index is 8.84. The average molecular weight is 436 g/mol. The van der Waals surface area contributed by atoms with Crippen molar-refractivity contribution in [2.45, 2.75) is 0 Å². The van der Waals surface area contributed by atoms with E-state index in [1.807, 2.05) is 18.2 Å². The summed E-state index contributed by atoms with van der Waals surface area (Å²) in [5.41, 5.74) is 1.77. The van der Waals surface area contributed by atoms with Gasteiger partial charge in [-0.1, -0.05) is 23.2 Å². The lowest BCUT2D eigenvalue weighted by molar-refractivity contribution is 1.04. The van der Waals surface area contributed by atoms with Gasteiger partial charge in [-0.05, 0) is 42.5 Å². The number of pyridine rings is 2. The van der Waals surface area contributed by atoms with Crippen molar-refractivity contribution < 1.29 is 0 Å². The molecule has 0 fully saturated rings. The number of aromatic nitrogens is 4. The summed E-state index contributed by atoms with van der Waals surface area (Å²) in [7, 11) is 0. The second-order valence-corrected chi connectivity index (χ2v) is 7.14. The van der Waals surface area contributed by atoms with Crippen LogP contribution in [0, 0.1) is 11.3 Å². The molecule has 0 aliphatic carbocycles. The third-order valence-electron chi connectivity index (χ3n) is 4.26. The molecule has 0 amide bonds. The van der Waals surface area contributed by atoms with Gasteiger partial charge in [-0.15, -0.1) is 0 Å². The lowest BCUT2D eigenvalue weighted by Gasteiger charge is -2.12. The molecular formula is C21H15Cl2N7. The van der Waals surface area contributed by atoms with Crippen LogP contribution in [0.4, 0.5) is 11.6 Å². The van der Waals surface area contributed by atoms with Crippen molar-refractivity contribution in [3.8, 4) is 17.5 Å². The van der Waals surface area contributed by atoms with Gasteiger partial charge in [0.05, 0.1) is 16.0 Å². The van der Waals surface area contributed by atoms with E-state index in [9.17, 15) is 0 Å². The number of nitrogens with zero attached hydrogens (tertiary/aromatic N) is 5. The van der Waals surface area contributed by atoms with Crippen LogP contribution in [0.2, 0.25) is 10.0 Å². The van der Waals surface area contributed by atoms with Crippen LogP contribution in [0.25, 0.3) is 22.4 Å². The molecule has 0 unspecified atom stereocenters. The van der Waals surface area contributed by atoms with Crippen LogP contribution in [-0.2, 0) is 0 Å². The number of hydrogen-bond donors (Lipinski definition) is 2. The summed E-state index contributed by atoms with van der Waals surface area (Å²) in [5.74, 6) is 1.81. The largest absolute Gasteiger partial charge is 0.368 e. The summed E-state index contributed by atoms with van der Waals surface area (Å²) in [6, 6.07) is 14.5. The van der Waals surface area contributed by atoms with Crippen LogP contribution >= 0.6 is 23.2 Å². The quantitative estimate of drug-likeness (QED) is 0.419. The van der Waals surface area contributed by atoms with Crippen LogP contribution in [0.5, 0.6) is 0 Å². The number of fused-ring (bicyclic) bond motifs is 1. The van der Waals surface area contributed by atoms with Gasteiger partial charge in [0.15, 0.2) is 11.5 Å². The molecule has 0 spiro atoms. The number of hydrogen-bond acceptors (Lipinski definition) is 7. The summed E-state index contributed by atoms with van der Waals surface area (Å²) in [6.45, 7) is 1.18. The first kappa shape index (κ1) is 19.8. The molecule has 3 heterocycles. The van der Waals surface area contributed by atoms with Crippen molar-refractivity contribution in [1.29, 1.82) is 5.26 Å². The van der Waals surface area contributed by atoms with Gasteiger partial charge in [-0.2, -0.15) is 5.26 Å². The Morgan fingerprint density at radius 2 is 1.83 bits per heavy atom. The van der Waals surface area contributed by atoms with Crippen LogP contribution < -0.4 is 10.6 Å². The zero-order valence-corrected chi connectivity index (χ0v) is 17.1. The zero-order chi connectivity index (χ0) is 20.9. The highest BCUT2D eigenvalue weighted by Crippen LogP contribution is 2.30. The molecule has 0 aliphatic heterocycles. The lowest BCUT2D eigenvalue weighted by Crippen LogP contribution is -2.15. The van der Waals surface area contributed by atoms with E-state index in [1.54, 1.807) is 36.5 Å². The topological polar surface area (TPSA) is 99.4 Å². The predicted octanol–water partition coefficient (Wildman–Crippen LogP) is 4.79. The van der Waals surface area contributed by atoms with Crippen LogP contribution in [0.3, 0.4) is 0 Å². The summed E-state index contributed by atoms with van der Waals surface area (Å²) in [4.78, 5) is 17.8. The number of rotatable bonds is 6. The summed E-state index contributed by atoms with van der Waals surface area (Å²) >= 11 is 12.3. The first-order valence-electron chi connectivity index (χ1n) is 9.06. The molecule has 0 aliphatic rings. The average Bonchev–Trinajstić information content (AvgIpc) is 2.77. The van der Waals surface area contributed by atoms with E-state index >= 15 is 0 Å². The van der Waals surface area contributed by atoms with E-state index < -0.39 is 0 Å². The lowest BCUT2D eigenvalue weighted by atomic mass is 10.2. The molecule has 1 aromatic carbocycles. The molecule has 0 bridgehead atoms. The molecule has 0 radical (unpaired) electrons. The molecule has 4 aromatic rings. The molecule has 0 atom stereocenters. The van der Waals surface area contributed by atoms with Crippen molar-refractivity contribution in [1.82, 2.24) is 19.9 Å². The van der Waals surface area contributed by atoms with E-state index in [1.165, 1.54) is 6.20 Å². The number of nitriles is 1. The van der Waals surface area contributed by atoms with Gasteiger partial charge in [-0.25, -0.2) is 19.9 Å². The van der Waals surface area contributed by atoms with Crippen molar-refractivity contribution in [2.75, 3.05) is 23.7 Å². The summed E-state index contributed by atoms with van der Waals surface area (Å²) in [5, 5.41) is 17.2. The van der Waals surface area contributed by atoms with E-state index in [0.717, 1.165) is 5.39 Å². The second-order valence-electron chi connectivity index (χ2n) is 6.29. The van der Waals surface area contributed by atoms with Gasteiger partial charge >= 0.3 is 0 Å². The number of halogens is 2. The van der Waals surface area contributed by atoms with Crippen LogP contribution in [0.1, 0.15) is 5.56 Å². The zero-order valence-electron chi connectivity index (χ0n) is 15.6. The van der Waals surface area contributed by atoms with Crippen molar-refractivity contribution in [2.24, 2.45) is 0 Å². The Balaban J connectivity index is 1.54. The smallest absolute Gasteiger partial charge is 0.165 e. The number of nitrogens with one attached hydrogen (secondary N) is 2. The highest BCUT2D eigenvalue weighted by atomic mass is 35.5. The normalized spacial score (nSPS) is 10.6. The highest BCUT2D eigenvalue weighted by Gasteiger charge is 2.13. The van der Waals surface area contributed by atoms with Gasteiger partial charge < -0.3 is 10.6 Å². The minimum Gasteiger partial charge on any atom is -0.368 e. The molecule has 0 saturated carbocycles. The molecule has 9 heteroatoms. The van der Waals surface area contributed by atoms with Gasteiger partial charge in [0.25, 0.3) is 0 Å². The van der Waals surface area contributed by atoms with Crippen molar-refractivity contribution in [3.63, 3.8) is 0 Å².